The average molecular weight is 461 g/mol. The summed E-state index contributed by atoms with van der Waals surface area (Å²) in [5.41, 5.74) is 5.49. The van der Waals surface area contributed by atoms with Gasteiger partial charge in [-0.25, -0.2) is 0 Å². The fourth-order valence-electron chi connectivity index (χ4n) is 5.08. The Bertz CT molecular complexity index is 998. The van der Waals surface area contributed by atoms with Crippen molar-refractivity contribution in [2.45, 2.75) is 85.8 Å². The van der Waals surface area contributed by atoms with Gasteiger partial charge in [-0.05, 0) is 90.5 Å². The Morgan fingerprint density at radius 2 is 1.59 bits per heavy atom. The van der Waals surface area contributed by atoms with Crippen LogP contribution in [0.2, 0.25) is 0 Å². The molecule has 0 spiro atoms. The van der Waals surface area contributed by atoms with Crippen LogP contribution in [0.5, 0.6) is 0 Å². The lowest BCUT2D eigenvalue weighted by molar-refractivity contribution is 0.308. The Hall–Kier alpha value is -1.64. The first-order valence-corrected chi connectivity index (χ1v) is 13.6. The Balaban J connectivity index is 1.48. The van der Waals surface area contributed by atoms with Crippen LogP contribution in [0.4, 0.5) is 0 Å². The van der Waals surface area contributed by atoms with Crippen molar-refractivity contribution in [2.75, 3.05) is 0 Å². The van der Waals surface area contributed by atoms with Crippen molar-refractivity contribution >= 4 is 24.4 Å². The number of thiol groups is 1. The molecule has 1 aliphatic rings. The van der Waals surface area contributed by atoms with Crippen LogP contribution in [0.25, 0.3) is 11.1 Å². The van der Waals surface area contributed by atoms with Crippen LogP contribution in [0.1, 0.15) is 75.8 Å². The van der Waals surface area contributed by atoms with E-state index >= 15 is 0 Å². The molecule has 0 saturated heterocycles. The molecular formula is C30H36S2. The molecule has 0 unspecified atom stereocenters. The summed E-state index contributed by atoms with van der Waals surface area (Å²) in [6.07, 6.45) is 10.5. The molecule has 1 saturated carbocycles. The summed E-state index contributed by atoms with van der Waals surface area (Å²) in [7, 11) is 0. The molecule has 0 nitrogen and oxygen atoms in total. The van der Waals surface area contributed by atoms with E-state index in [2.05, 4.69) is 80.6 Å². The lowest BCUT2D eigenvalue weighted by Gasteiger charge is -2.29. The third-order valence-electron chi connectivity index (χ3n) is 6.89. The molecule has 3 aromatic rings. The Kier molecular flexibility index (Phi) is 8.43. The second-order valence-electron chi connectivity index (χ2n) is 9.31. The summed E-state index contributed by atoms with van der Waals surface area (Å²) in [4.78, 5) is 3.63. The van der Waals surface area contributed by atoms with E-state index in [1.165, 1.54) is 77.0 Å². The van der Waals surface area contributed by atoms with E-state index in [-0.39, 0.29) is 0 Å². The number of hydrogen-bond donors (Lipinski definition) is 1. The molecule has 4 rings (SSSR count). The largest absolute Gasteiger partial charge is 0.142 e. The van der Waals surface area contributed by atoms with Crippen molar-refractivity contribution in [1.82, 2.24) is 0 Å². The maximum atomic E-state index is 4.79. The van der Waals surface area contributed by atoms with E-state index < -0.39 is 0 Å². The van der Waals surface area contributed by atoms with Gasteiger partial charge in [0.1, 0.15) is 0 Å². The zero-order valence-electron chi connectivity index (χ0n) is 19.5. The second-order valence-corrected chi connectivity index (χ2v) is 10.9. The van der Waals surface area contributed by atoms with E-state index in [0.717, 1.165) is 17.2 Å². The first-order chi connectivity index (χ1) is 15.7. The van der Waals surface area contributed by atoms with Crippen LogP contribution in [-0.2, 0) is 6.42 Å². The quantitative estimate of drug-likeness (QED) is 0.326. The van der Waals surface area contributed by atoms with Gasteiger partial charge in [0, 0.05) is 14.7 Å². The molecule has 0 aromatic heterocycles. The summed E-state index contributed by atoms with van der Waals surface area (Å²) in [6, 6.07) is 24.9. The van der Waals surface area contributed by atoms with Crippen molar-refractivity contribution in [1.29, 1.82) is 0 Å². The minimum absolute atomic E-state index is 0.712. The zero-order valence-corrected chi connectivity index (χ0v) is 21.2. The van der Waals surface area contributed by atoms with E-state index in [4.69, 9.17) is 12.6 Å². The smallest absolute Gasteiger partial charge is 0.0258 e. The summed E-state index contributed by atoms with van der Waals surface area (Å²) >= 11 is 6.63. The topological polar surface area (TPSA) is 0 Å². The monoisotopic (exact) mass is 460 g/mol. The predicted molar refractivity (Wildman–Crippen MR) is 143 cm³/mol. The van der Waals surface area contributed by atoms with Crippen molar-refractivity contribution in [3.8, 4) is 11.1 Å². The van der Waals surface area contributed by atoms with Crippen LogP contribution in [-0.4, -0.2) is 0 Å². The molecule has 1 fully saturated rings. The average Bonchev–Trinajstić information content (AvgIpc) is 2.82. The molecule has 0 radical (unpaired) electrons. The molecule has 0 bridgehead atoms. The minimum atomic E-state index is 0.712. The molecule has 32 heavy (non-hydrogen) atoms. The van der Waals surface area contributed by atoms with Gasteiger partial charge in [0.2, 0.25) is 0 Å². The van der Waals surface area contributed by atoms with Crippen molar-refractivity contribution in [2.24, 2.45) is 5.92 Å². The highest BCUT2D eigenvalue weighted by Crippen LogP contribution is 2.41. The Morgan fingerprint density at radius 3 is 2.31 bits per heavy atom. The van der Waals surface area contributed by atoms with Gasteiger partial charge in [0.15, 0.2) is 0 Å². The van der Waals surface area contributed by atoms with Gasteiger partial charge in [0.05, 0.1) is 0 Å². The third kappa shape index (κ3) is 6.02. The third-order valence-corrected chi connectivity index (χ3v) is 8.48. The molecule has 0 N–H and O–H groups in total. The van der Waals surface area contributed by atoms with Gasteiger partial charge in [-0.1, -0.05) is 87.3 Å². The molecule has 0 aliphatic heterocycles. The summed E-state index contributed by atoms with van der Waals surface area (Å²) < 4.78 is 0. The SMILES string of the molecule is CCCc1ccc(-c2cccc(Sc3cc(C4CCC(CCC)CC4)ccc3S)c2)cc1. The lowest BCUT2D eigenvalue weighted by atomic mass is 9.77. The maximum Gasteiger partial charge on any atom is 0.0258 e. The van der Waals surface area contributed by atoms with Crippen molar-refractivity contribution in [3.63, 3.8) is 0 Å². The van der Waals surface area contributed by atoms with Gasteiger partial charge in [-0.2, -0.15) is 0 Å². The zero-order chi connectivity index (χ0) is 22.3. The van der Waals surface area contributed by atoms with Crippen LogP contribution < -0.4 is 0 Å². The first-order valence-electron chi connectivity index (χ1n) is 12.4. The summed E-state index contributed by atoms with van der Waals surface area (Å²) in [6.45, 7) is 4.55. The van der Waals surface area contributed by atoms with Crippen molar-refractivity contribution < 1.29 is 0 Å². The number of hydrogen-bond acceptors (Lipinski definition) is 2. The van der Waals surface area contributed by atoms with Crippen LogP contribution in [0.15, 0.2) is 81.4 Å². The van der Waals surface area contributed by atoms with Gasteiger partial charge in [0.25, 0.3) is 0 Å². The Morgan fingerprint density at radius 1 is 0.812 bits per heavy atom. The normalized spacial score (nSPS) is 18.6. The number of aryl methyl sites for hydroxylation is 1. The highest BCUT2D eigenvalue weighted by molar-refractivity contribution is 7.99. The number of rotatable bonds is 8. The molecule has 0 amide bonds. The fraction of sp³-hybridized carbons (Fsp3) is 0.400. The van der Waals surface area contributed by atoms with E-state index in [0.29, 0.717) is 5.92 Å². The molecule has 0 heterocycles. The van der Waals surface area contributed by atoms with Gasteiger partial charge in [-0.15, -0.1) is 12.6 Å². The highest BCUT2D eigenvalue weighted by Gasteiger charge is 2.22. The lowest BCUT2D eigenvalue weighted by Crippen LogP contribution is -2.13. The molecule has 2 heteroatoms. The molecule has 168 valence electrons. The van der Waals surface area contributed by atoms with E-state index in [1.54, 1.807) is 0 Å². The maximum absolute atomic E-state index is 4.79. The van der Waals surface area contributed by atoms with Crippen molar-refractivity contribution in [3.05, 3.63) is 77.9 Å². The summed E-state index contributed by atoms with van der Waals surface area (Å²) in [5, 5.41) is 0. The highest BCUT2D eigenvalue weighted by atomic mass is 32.2. The summed E-state index contributed by atoms with van der Waals surface area (Å²) in [5.74, 6) is 1.66. The molecule has 1 aliphatic carbocycles. The van der Waals surface area contributed by atoms with Gasteiger partial charge in [-0.3, -0.25) is 0 Å². The first kappa shape index (κ1) is 23.5. The van der Waals surface area contributed by atoms with Crippen LogP contribution in [0.3, 0.4) is 0 Å². The van der Waals surface area contributed by atoms with Crippen LogP contribution in [0, 0.1) is 5.92 Å². The van der Waals surface area contributed by atoms with E-state index in [9.17, 15) is 0 Å². The number of benzene rings is 3. The minimum Gasteiger partial charge on any atom is -0.142 e. The van der Waals surface area contributed by atoms with Crippen LogP contribution >= 0.6 is 24.4 Å². The Labute approximate surface area is 204 Å². The molecular weight excluding hydrogens is 424 g/mol. The van der Waals surface area contributed by atoms with Gasteiger partial charge >= 0.3 is 0 Å². The van der Waals surface area contributed by atoms with E-state index in [1.807, 2.05) is 11.8 Å². The second kappa shape index (κ2) is 11.5. The fourth-order valence-corrected chi connectivity index (χ4v) is 6.31. The standard InChI is InChI=1S/C30H36S2/c1-3-6-22-10-14-24(15-11-22)26-8-5-9-28(20-26)32-30-21-27(18-19-29(30)31)25-16-12-23(7-4-2)13-17-25/h5,8-11,14-15,18-21,23,25,31H,3-4,6-7,12-13,16-17H2,1-2H3. The van der Waals surface area contributed by atoms with Gasteiger partial charge < -0.3 is 0 Å². The predicted octanol–water partition coefficient (Wildman–Crippen LogP) is 9.82. The molecule has 0 atom stereocenters. The molecule has 3 aromatic carbocycles.